The molecule has 0 amide bonds. The van der Waals surface area contributed by atoms with E-state index in [9.17, 15) is 9.18 Å². The molecule has 0 saturated heterocycles. The number of ether oxygens (including phenoxy) is 1. The highest BCUT2D eigenvalue weighted by Crippen LogP contribution is 2.24. The smallest absolute Gasteiger partial charge is 0.406 e. The van der Waals surface area contributed by atoms with Gasteiger partial charge in [0.1, 0.15) is 5.82 Å². The number of esters is 1. The van der Waals surface area contributed by atoms with Gasteiger partial charge in [-0.1, -0.05) is 12.1 Å². The van der Waals surface area contributed by atoms with Crippen molar-refractivity contribution >= 4 is 27.6 Å². The first kappa shape index (κ1) is 12.8. The first-order valence-electron chi connectivity index (χ1n) is 5.18. The molecule has 1 aliphatic heterocycles. The van der Waals surface area contributed by atoms with Gasteiger partial charge in [-0.3, -0.25) is 0 Å². The quantitative estimate of drug-likeness (QED) is 0.522. The minimum atomic E-state index is -0.535. The third-order valence-electron chi connectivity index (χ3n) is 2.65. The maximum Gasteiger partial charge on any atom is 0.406 e. The van der Waals surface area contributed by atoms with Crippen LogP contribution in [0.1, 0.15) is 5.56 Å². The van der Waals surface area contributed by atoms with E-state index in [4.69, 9.17) is 5.73 Å². The van der Waals surface area contributed by atoms with Crippen molar-refractivity contribution in [3.8, 4) is 0 Å². The molecule has 1 aliphatic rings. The van der Waals surface area contributed by atoms with Gasteiger partial charge in [-0.15, -0.1) is 0 Å². The third-order valence-corrected chi connectivity index (χ3v) is 3.50. The summed E-state index contributed by atoms with van der Waals surface area (Å²) in [5.41, 5.74) is 6.72. The Kier molecular flexibility index (Phi) is 3.47. The van der Waals surface area contributed by atoms with Crippen LogP contribution in [-0.4, -0.2) is 23.4 Å². The fourth-order valence-corrected chi connectivity index (χ4v) is 2.19. The Morgan fingerprint density at radius 1 is 1.50 bits per heavy atom. The van der Waals surface area contributed by atoms with E-state index >= 15 is 0 Å². The summed E-state index contributed by atoms with van der Waals surface area (Å²) in [5, 5.41) is 0. The molecular weight excluding hydrogens is 303 g/mol. The molecule has 0 saturated carbocycles. The molecule has 1 aromatic rings. The zero-order chi connectivity index (χ0) is 13.3. The van der Waals surface area contributed by atoms with Crippen molar-refractivity contribution in [3.63, 3.8) is 0 Å². The normalized spacial score (nSPS) is 14.6. The molecule has 2 rings (SSSR count). The van der Waals surface area contributed by atoms with Gasteiger partial charge in [-0.25, -0.2) is 9.18 Å². The van der Waals surface area contributed by atoms with Crippen LogP contribution in [0.15, 0.2) is 34.6 Å². The topological polar surface area (TPSA) is 55.3 Å². The van der Waals surface area contributed by atoms with Gasteiger partial charge in [0.05, 0.1) is 12.7 Å². The highest BCUT2D eigenvalue weighted by Gasteiger charge is 2.42. The van der Waals surface area contributed by atoms with Crippen molar-refractivity contribution in [2.24, 2.45) is 5.73 Å². The predicted molar refractivity (Wildman–Crippen MR) is 67.5 cm³/mol. The van der Waals surface area contributed by atoms with Crippen LogP contribution in [-0.2, 0) is 16.1 Å². The average molecular weight is 314 g/mol. The molecule has 6 heteroatoms. The maximum atomic E-state index is 13.5. The minimum Gasteiger partial charge on any atom is -0.461 e. The zero-order valence-corrected chi connectivity index (χ0v) is 11.2. The molecule has 0 aliphatic carbocycles. The van der Waals surface area contributed by atoms with E-state index in [-0.39, 0.29) is 18.1 Å². The SMILES string of the molecule is COC(=O)C1=[N+](Cc2ccccc2F)C(Br)=C1N. The molecule has 0 atom stereocenters. The molecule has 18 heavy (non-hydrogen) atoms. The number of nitrogens with two attached hydrogens (primary N) is 1. The van der Waals surface area contributed by atoms with E-state index < -0.39 is 5.97 Å². The number of carbonyl (C=O) groups is 1. The maximum absolute atomic E-state index is 13.5. The van der Waals surface area contributed by atoms with Crippen LogP contribution in [0, 0.1) is 5.82 Å². The van der Waals surface area contributed by atoms with Crippen molar-refractivity contribution in [3.05, 3.63) is 45.9 Å². The van der Waals surface area contributed by atoms with Gasteiger partial charge in [0, 0.05) is 15.9 Å². The van der Waals surface area contributed by atoms with Crippen molar-refractivity contribution in [1.82, 2.24) is 0 Å². The number of halogens is 2. The number of rotatable bonds is 3. The molecule has 1 aromatic carbocycles. The van der Waals surface area contributed by atoms with Gasteiger partial charge in [-0.2, -0.15) is 4.58 Å². The van der Waals surface area contributed by atoms with Gasteiger partial charge < -0.3 is 10.5 Å². The lowest BCUT2D eigenvalue weighted by molar-refractivity contribution is -0.492. The summed E-state index contributed by atoms with van der Waals surface area (Å²) in [6, 6.07) is 6.36. The van der Waals surface area contributed by atoms with Crippen LogP contribution in [0.25, 0.3) is 0 Å². The summed E-state index contributed by atoms with van der Waals surface area (Å²) in [7, 11) is 1.27. The number of hydrogen-bond donors (Lipinski definition) is 1. The minimum absolute atomic E-state index is 0.221. The Labute approximate surface area is 112 Å². The molecule has 2 N–H and O–H groups in total. The molecule has 1 heterocycles. The van der Waals surface area contributed by atoms with Crippen LogP contribution in [0.3, 0.4) is 0 Å². The number of hydrogen-bond acceptors (Lipinski definition) is 3. The van der Waals surface area contributed by atoms with Crippen LogP contribution in [0.5, 0.6) is 0 Å². The fraction of sp³-hybridized carbons (Fsp3) is 0.167. The van der Waals surface area contributed by atoms with Crippen molar-refractivity contribution in [1.29, 1.82) is 0 Å². The Bertz CT molecular complexity index is 581. The zero-order valence-electron chi connectivity index (χ0n) is 9.61. The second-order valence-corrected chi connectivity index (χ2v) is 4.47. The average Bonchev–Trinajstić information content (AvgIpc) is 2.39. The number of nitrogens with zero attached hydrogens (tertiary/aromatic N) is 1. The summed E-state index contributed by atoms with van der Waals surface area (Å²) in [4.78, 5) is 11.5. The van der Waals surface area contributed by atoms with E-state index in [1.165, 1.54) is 13.2 Å². The monoisotopic (exact) mass is 313 g/mol. The number of carbonyl (C=O) groups excluding carboxylic acids is 1. The lowest BCUT2D eigenvalue weighted by atomic mass is 10.1. The van der Waals surface area contributed by atoms with Gasteiger partial charge in [0.2, 0.25) is 0 Å². The predicted octanol–water partition coefficient (Wildman–Crippen LogP) is 1.49. The largest absolute Gasteiger partial charge is 0.461 e. The van der Waals surface area contributed by atoms with E-state index in [0.717, 1.165) is 0 Å². The van der Waals surface area contributed by atoms with E-state index in [1.807, 2.05) is 0 Å². The van der Waals surface area contributed by atoms with Crippen LogP contribution in [0.4, 0.5) is 4.39 Å². The second-order valence-electron chi connectivity index (χ2n) is 3.72. The van der Waals surface area contributed by atoms with Crippen molar-refractivity contribution in [2.45, 2.75) is 6.54 Å². The number of benzene rings is 1. The molecule has 0 fully saturated rings. The third kappa shape index (κ3) is 2.03. The summed E-state index contributed by atoms with van der Waals surface area (Å²) < 4.78 is 20.3. The fourth-order valence-electron chi connectivity index (χ4n) is 1.70. The highest BCUT2D eigenvalue weighted by atomic mass is 79.9. The molecule has 0 bridgehead atoms. The van der Waals surface area contributed by atoms with Crippen LogP contribution >= 0.6 is 15.9 Å². The Morgan fingerprint density at radius 3 is 2.78 bits per heavy atom. The first-order chi connectivity index (χ1) is 8.56. The number of methoxy groups -OCH3 is 1. The van der Waals surface area contributed by atoms with Crippen molar-refractivity contribution < 1.29 is 18.5 Å². The van der Waals surface area contributed by atoms with Gasteiger partial charge in [-0.05, 0) is 12.1 Å². The van der Waals surface area contributed by atoms with Gasteiger partial charge in [0.15, 0.2) is 12.2 Å². The van der Waals surface area contributed by atoms with E-state index in [1.54, 1.807) is 22.8 Å². The summed E-state index contributed by atoms with van der Waals surface area (Å²) in [6.45, 7) is 0.221. The van der Waals surface area contributed by atoms with Crippen LogP contribution in [0.2, 0.25) is 0 Å². The van der Waals surface area contributed by atoms with E-state index in [2.05, 4.69) is 20.7 Å². The Morgan fingerprint density at radius 2 is 2.17 bits per heavy atom. The first-order valence-corrected chi connectivity index (χ1v) is 5.97. The van der Waals surface area contributed by atoms with Crippen molar-refractivity contribution in [2.75, 3.05) is 7.11 Å². The summed E-state index contributed by atoms with van der Waals surface area (Å²) in [5.74, 6) is -0.862. The van der Waals surface area contributed by atoms with Crippen LogP contribution < -0.4 is 5.73 Å². The van der Waals surface area contributed by atoms with Gasteiger partial charge in [0.25, 0.3) is 4.61 Å². The molecule has 4 nitrogen and oxygen atoms in total. The summed E-state index contributed by atoms with van der Waals surface area (Å²) >= 11 is 3.24. The Hall–Kier alpha value is -1.69. The molecule has 0 unspecified atom stereocenters. The molecule has 0 radical (unpaired) electrons. The highest BCUT2D eigenvalue weighted by molar-refractivity contribution is 9.11. The summed E-state index contributed by atoms with van der Waals surface area (Å²) in [6.07, 6.45) is 0. The lowest BCUT2D eigenvalue weighted by Gasteiger charge is -2.16. The van der Waals surface area contributed by atoms with Gasteiger partial charge >= 0.3 is 11.7 Å². The molecule has 94 valence electrons. The lowest BCUT2D eigenvalue weighted by Crippen LogP contribution is -2.41. The molecule has 0 aromatic heterocycles. The molecular formula is C12H11BrFN2O2+. The Balaban J connectivity index is 2.31. The van der Waals surface area contributed by atoms with E-state index in [0.29, 0.717) is 15.9 Å². The molecule has 0 spiro atoms. The standard InChI is InChI=1S/C12H10BrFN2O2/c1-18-12(17)10-9(15)11(13)16(10)6-7-4-2-3-5-8(7)14/h2-5H,6H2,1H3,(H-,15,17)/p+1. The second kappa shape index (κ2) is 4.89.